The van der Waals surface area contributed by atoms with Crippen LogP contribution in [0.1, 0.15) is 52.0 Å². The number of carbonyl (C=O) groups is 1. The van der Waals surface area contributed by atoms with Crippen LogP contribution in [0.5, 0.6) is 0 Å². The summed E-state index contributed by atoms with van der Waals surface area (Å²) in [6.07, 6.45) is 2.73. The summed E-state index contributed by atoms with van der Waals surface area (Å²) in [7, 11) is 0. The molecule has 1 atom stereocenters. The molecule has 2 amide bonds. The van der Waals surface area contributed by atoms with Gasteiger partial charge >= 0.3 is 6.03 Å². The summed E-state index contributed by atoms with van der Waals surface area (Å²) in [6.45, 7) is 6.17. The smallest absolute Gasteiger partial charge is 0.342 e. The first kappa shape index (κ1) is 19.9. The molecule has 0 spiro atoms. The van der Waals surface area contributed by atoms with E-state index in [1.165, 1.54) is 0 Å². The minimum Gasteiger partial charge on any atom is -0.393 e. The second-order valence-electron chi connectivity index (χ2n) is 7.32. The average molecular weight is 410 g/mol. The summed E-state index contributed by atoms with van der Waals surface area (Å²) in [5, 5.41) is 12.5. The quantitative estimate of drug-likeness (QED) is 0.522. The Labute approximate surface area is 158 Å². The van der Waals surface area contributed by atoms with E-state index in [-0.39, 0.29) is 18.1 Å². The maximum Gasteiger partial charge on any atom is 0.342 e. The Hall–Kier alpha value is -1.40. The Kier molecular flexibility index (Phi) is 6.63. The minimum atomic E-state index is -0.527. The topological polar surface area (TPSA) is 87.7 Å². The molecular weight excluding hydrogens is 382 g/mol. The summed E-state index contributed by atoms with van der Waals surface area (Å²) in [4.78, 5) is 16.5. The first-order chi connectivity index (χ1) is 11.7. The van der Waals surface area contributed by atoms with E-state index in [2.05, 4.69) is 40.1 Å². The Bertz CT molecular complexity index is 622. The van der Waals surface area contributed by atoms with E-state index in [1.54, 1.807) is 0 Å². The van der Waals surface area contributed by atoms with Crippen LogP contribution < -0.4 is 11.1 Å². The summed E-state index contributed by atoms with van der Waals surface area (Å²) in [5.74, 6) is 0.494. The molecule has 138 valence electrons. The highest BCUT2D eigenvalue weighted by Crippen LogP contribution is 2.33. The van der Waals surface area contributed by atoms with Gasteiger partial charge in [0.2, 0.25) is 0 Å². The van der Waals surface area contributed by atoms with E-state index >= 15 is 0 Å². The van der Waals surface area contributed by atoms with E-state index in [1.807, 2.05) is 31.2 Å². The number of nitrogens with one attached hydrogen (secondary N) is 1. The third-order valence-electron chi connectivity index (χ3n) is 5.38. The molecule has 0 heterocycles. The lowest BCUT2D eigenvalue weighted by Crippen LogP contribution is -2.45. The molecule has 1 saturated carbocycles. The number of urea groups is 1. The molecule has 0 radical (unpaired) electrons. The number of halogens is 1. The van der Waals surface area contributed by atoms with Crippen molar-refractivity contribution in [1.29, 1.82) is 0 Å². The average Bonchev–Trinajstić information content (AvgIpc) is 2.56. The number of aliphatic hydroxyl groups is 1. The number of hydrogen-bond acceptors (Lipinski definition) is 2. The molecule has 1 unspecified atom stereocenters. The number of amides is 2. The van der Waals surface area contributed by atoms with Crippen molar-refractivity contribution in [2.45, 2.75) is 64.0 Å². The first-order valence-corrected chi connectivity index (χ1v) is 9.62. The van der Waals surface area contributed by atoms with Crippen LogP contribution >= 0.6 is 15.9 Å². The Morgan fingerprint density at radius 3 is 2.36 bits per heavy atom. The van der Waals surface area contributed by atoms with Gasteiger partial charge in [0, 0.05) is 10.5 Å². The summed E-state index contributed by atoms with van der Waals surface area (Å²) in [5.41, 5.74) is 6.79. The molecule has 1 aromatic rings. The fraction of sp³-hybridized carbons (Fsp3) is 0.579. The molecular formula is C19H28BrN3O2. The van der Waals surface area contributed by atoms with Gasteiger partial charge in [-0.05, 0) is 56.2 Å². The number of amidine groups is 1. The molecule has 0 saturated heterocycles. The Morgan fingerprint density at radius 2 is 1.84 bits per heavy atom. The predicted octanol–water partition coefficient (Wildman–Crippen LogP) is 3.73. The molecule has 6 heteroatoms. The van der Waals surface area contributed by atoms with Gasteiger partial charge in [-0.3, -0.25) is 0 Å². The third-order valence-corrected chi connectivity index (χ3v) is 5.91. The summed E-state index contributed by atoms with van der Waals surface area (Å²) < 4.78 is 0.995. The number of nitrogens with zero attached hydrogens (tertiary/aromatic N) is 1. The predicted molar refractivity (Wildman–Crippen MR) is 105 cm³/mol. The van der Waals surface area contributed by atoms with Gasteiger partial charge in [-0.15, -0.1) is 0 Å². The standard InChI is InChI=1S/C19H28BrN3O2/c1-12(2)19(3,13-4-6-14(20)7-5-13)17(21)23-18(25)22-15-8-10-16(24)11-9-15/h4-7,12,15-16,24H,8-11H2,1-3H3,(H3,21,22,23,25). The number of nitrogens with two attached hydrogens (primary N) is 1. The van der Waals surface area contributed by atoms with E-state index < -0.39 is 11.4 Å². The zero-order valence-electron chi connectivity index (χ0n) is 15.1. The van der Waals surface area contributed by atoms with Gasteiger partial charge in [-0.25, -0.2) is 4.79 Å². The molecule has 5 nitrogen and oxygen atoms in total. The normalized spacial score (nSPS) is 24.0. The molecule has 2 rings (SSSR count). The minimum absolute atomic E-state index is 0.0606. The van der Waals surface area contributed by atoms with Gasteiger partial charge in [-0.1, -0.05) is 41.9 Å². The maximum atomic E-state index is 12.3. The molecule has 4 N–H and O–H groups in total. The molecule has 1 aliphatic rings. The monoisotopic (exact) mass is 409 g/mol. The van der Waals surface area contributed by atoms with Gasteiger partial charge in [0.05, 0.1) is 11.5 Å². The number of aliphatic hydroxyl groups excluding tert-OH is 1. The van der Waals surface area contributed by atoms with Gasteiger partial charge in [0.15, 0.2) is 0 Å². The second kappa shape index (κ2) is 8.32. The van der Waals surface area contributed by atoms with Crippen LogP contribution in [0.3, 0.4) is 0 Å². The largest absolute Gasteiger partial charge is 0.393 e. The molecule has 0 aliphatic heterocycles. The van der Waals surface area contributed by atoms with Crippen LogP contribution in [-0.2, 0) is 5.41 Å². The number of hydrogen-bond donors (Lipinski definition) is 3. The van der Waals surface area contributed by atoms with E-state index in [0.29, 0.717) is 18.7 Å². The van der Waals surface area contributed by atoms with Crippen LogP contribution in [0.25, 0.3) is 0 Å². The van der Waals surface area contributed by atoms with Crippen LogP contribution in [0.4, 0.5) is 4.79 Å². The van der Waals surface area contributed by atoms with Crippen molar-refractivity contribution in [3.05, 3.63) is 34.3 Å². The Morgan fingerprint density at radius 1 is 1.28 bits per heavy atom. The van der Waals surface area contributed by atoms with Crippen molar-refractivity contribution in [1.82, 2.24) is 5.32 Å². The van der Waals surface area contributed by atoms with Crippen molar-refractivity contribution in [3.8, 4) is 0 Å². The fourth-order valence-corrected chi connectivity index (χ4v) is 3.49. The van der Waals surface area contributed by atoms with Crippen LogP contribution in [-0.4, -0.2) is 29.1 Å². The second-order valence-corrected chi connectivity index (χ2v) is 8.23. The number of rotatable bonds is 4. The van der Waals surface area contributed by atoms with Crippen molar-refractivity contribution >= 4 is 27.8 Å². The number of benzene rings is 1. The lowest BCUT2D eigenvalue weighted by Gasteiger charge is -2.34. The van der Waals surface area contributed by atoms with Gasteiger partial charge < -0.3 is 16.2 Å². The van der Waals surface area contributed by atoms with Gasteiger partial charge in [0.25, 0.3) is 0 Å². The highest BCUT2D eigenvalue weighted by Gasteiger charge is 2.35. The third kappa shape index (κ3) is 4.82. The molecule has 1 fully saturated rings. The molecule has 1 aliphatic carbocycles. The zero-order valence-corrected chi connectivity index (χ0v) is 16.7. The lowest BCUT2D eigenvalue weighted by molar-refractivity contribution is 0.118. The number of aliphatic imine (C=N–C) groups is 1. The first-order valence-electron chi connectivity index (χ1n) is 8.82. The lowest BCUT2D eigenvalue weighted by atomic mass is 9.72. The fourth-order valence-electron chi connectivity index (χ4n) is 3.23. The van der Waals surface area contributed by atoms with Crippen molar-refractivity contribution < 1.29 is 9.90 Å². The van der Waals surface area contributed by atoms with Crippen molar-refractivity contribution in [2.75, 3.05) is 0 Å². The van der Waals surface area contributed by atoms with E-state index in [9.17, 15) is 9.90 Å². The number of carbonyl (C=O) groups excluding carboxylic acids is 1. The maximum absolute atomic E-state index is 12.3. The van der Waals surface area contributed by atoms with Crippen LogP contribution in [0.2, 0.25) is 0 Å². The molecule has 1 aromatic carbocycles. The molecule has 0 aromatic heterocycles. The summed E-state index contributed by atoms with van der Waals surface area (Å²) >= 11 is 3.44. The van der Waals surface area contributed by atoms with Crippen LogP contribution in [0, 0.1) is 5.92 Å². The SMILES string of the molecule is CC(C)C(C)(C(N)=NC(=O)NC1CCC(O)CC1)c1ccc(Br)cc1. The molecule has 25 heavy (non-hydrogen) atoms. The highest BCUT2D eigenvalue weighted by molar-refractivity contribution is 9.10. The Balaban J connectivity index is 2.15. The van der Waals surface area contributed by atoms with E-state index in [0.717, 1.165) is 22.9 Å². The van der Waals surface area contributed by atoms with Crippen LogP contribution in [0.15, 0.2) is 33.7 Å². The highest BCUT2D eigenvalue weighted by atomic mass is 79.9. The zero-order chi connectivity index (χ0) is 18.6. The van der Waals surface area contributed by atoms with E-state index in [4.69, 9.17) is 5.73 Å². The van der Waals surface area contributed by atoms with Crippen molar-refractivity contribution in [3.63, 3.8) is 0 Å². The molecule has 0 bridgehead atoms. The van der Waals surface area contributed by atoms with Gasteiger partial charge in [0.1, 0.15) is 5.84 Å². The van der Waals surface area contributed by atoms with Gasteiger partial charge in [-0.2, -0.15) is 4.99 Å². The van der Waals surface area contributed by atoms with Crippen molar-refractivity contribution in [2.24, 2.45) is 16.6 Å². The summed E-state index contributed by atoms with van der Waals surface area (Å²) in [6, 6.07) is 7.61.